The van der Waals surface area contributed by atoms with E-state index >= 15 is 0 Å². The predicted octanol–water partition coefficient (Wildman–Crippen LogP) is 3.67. The predicted molar refractivity (Wildman–Crippen MR) is 128 cm³/mol. The number of aromatic nitrogens is 3. The molecule has 0 aliphatic rings. The summed E-state index contributed by atoms with van der Waals surface area (Å²) in [6.45, 7) is -0.303. The molecule has 0 amide bonds. The van der Waals surface area contributed by atoms with Crippen molar-refractivity contribution in [1.82, 2.24) is 25.2 Å². The first-order valence-electron chi connectivity index (χ1n) is 9.51. The Morgan fingerprint density at radius 1 is 1.16 bits per heavy atom. The van der Waals surface area contributed by atoms with Gasteiger partial charge in [0.25, 0.3) is 0 Å². The third-order valence-electron chi connectivity index (χ3n) is 4.50. The molecule has 0 bridgehead atoms. The van der Waals surface area contributed by atoms with Gasteiger partial charge in [-0.1, -0.05) is 6.07 Å². The summed E-state index contributed by atoms with van der Waals surface area (Å²) in [4.78, 5) is 12.8. The van der Waals surface area contributed by atoms with Crippen molar-refractivity contribution >= 4 is 29.9 Å². The first-order valence-corrected chi connectivity index (χ1v) is 9.51. The van der Waals surface area contributed by atoms with Crippen LogP contribution in [0, 0.1) is 6.92 Å². The van der Waals surface area contributed by atoms with Crippen molar-refractivity contribution in [2.45, 2.75) is 26.6 Å². The van der Waals surface area contributed by atoms with E-state index in [4.69, 9.17) is 4.74 Å². The average molecular weight is 558 g/mol. The second-order valence-electron chi connectivity index (χ2n) is 6.50. The molecular weight excluding hydrogens is 533 g/mol. The standard InChI is InChI=1S/C21H24F2N6O2.HI/c1-14-25-8-9-29(14)19-7-4-15(11-26-19)12-27-21(24-2)28-13-16-10-17(30-3)5-6-18(16)31-20(22)23;/h4-11,20H,12-13H2,1-3H3,(H2,24,27,28);1H. The van der Waals surface area contributed by atoms with Gasteiger partial charge < -0.3 is 20.1 Å². The fourth-order valence-electron chi connectivity index (χ4n) is 2.90. The van der Waals surface area contributed by atoms with Gasteiger partial charge in [-0.2, -0.15) is 8.78 Å². The van der Waals surface area contributed by atoms with E-state index in [2.05, 4.69) is 30.3 Å². The molecule has 2 N–H and O–H groups in total. The van der Waals surface area contributed by atoms with Gasteiger partial charge in [0.15, 0.2) is 5.96 Å². The Balaban J connectivity index is 0.00000363. The van der Waals surface area contributed by atoms with E-state index < -0.39 is 6.61 Å². The van der Waals surface area contributed by atoms with Gasteiger partial charge in [-0.25, -0.2) is 9.97 Å². The normalized spacial score (nSPS) is 11.1. The third-order valence-corrected chi connectivity index (χ3v) is 4.50. The molecule has 2 heterocycles. The summed E-state index contributed by atoms with van der Waals surface area (Å²) in [7, 11) is 3.13. The molecule has 8 nitrogen and oxygen atoms in total. The zero-order valence-electron chi connectivity index (χ0n) is 17.9. The Morgan fingerprint density at radius 2 is 1.94 bits per heavy atom. The molecule has 0 atom stereocenters. The number of nitrogens with one attached hydrogen (secondary N) is 2. The number of nitrogens with zero attached hydrogens (tertiary/aromatic N) is 4. The molecule has 0 radical (unpaired) electrons. The van der Waals surface area contributed by atoms with E-state index in [1.54, 1.807) is 31.6 Å². The van der Waals surface area contributed by atoms with Crippen molar-refractivity contribution in [2.75, 3.05) is 14.2 Å². The highest BCUT2D eigenvalue weighted by molar-refractivity contribution is 14.0. The van der Waals surface area contributed by atoms with E-state index in [1.165, 1.54) is 13.2 Å². The highest BCUT2D eigenvalue weighted by Gasteiger charge is 2.12. The highest BCUT2D eigenvalue weighted by Crippen LogP contribution is 2.25. The molecular formula is C21H25F2IN6O2. The molecule has 2 aromatic heterocycles. The first-order chi connectivity index (χ1) is 15.0. The van der Waals surface area contributed by atoms with Crippen LogP contribution in [0.4, 0.5) is 8.78 Å². The highest BCUT2D eigenvalue weighted by atomic mass is 127. The number of aryl methyl sites for hydroxylation is 1. The number of rotatable bonds is 8. The lowest BCUT2D eigenvalue weighted by atomic mass is 10.2. The Labute approximate surface area is 202 Å². The summed E-state index contributed by atoms with van der Waals surface area (Å²) >= 11 is 0. The maximum Gasteiger partial charge on any atom is 0.387 e. The number of halogens is 3. The van der Waals surface area contributed by atoms with Crippen molar-refractivity contribution in [2.24, 2.45) is 4.99 Å². The summed E-state index contributed by atoms with van der Waals surface area (Å²) in [5.74, 6) is 2.76. The number of pyridine rings is 1. The number of methoxy groups -OCH3 is 1. The van der Waals surface area contributed by atoms with Crippen molar-refractivity contribution in [1.29, 1.82) is 0 Å². The number of alkyl halides is 2. The molecule has 0 spiro atoms. The van der Waals surface area contributed by atoms with Crippen LogP contribution in [0.15, 0.2) is 53.9 Å². The maximum absolute atomic E-state index is 12.7. The van der Waals surface area contributed by atoms with Crippen LogP contribution in [0.1, 0.15) is 17.0 Å². The summed E-state index contributed by atoms with van der Waals surface area (Å²) < 4.78 is 37.0. The molecule has 3 aromatic rings. The van der Waals surface area contributed by atoms with E-state index in [-0.39, 0.29) is 36.3 Å². The van der Waals surface area contributed by atoms with Crippen LogP contribution < -0.4 is 20.1 Å². The number of ether oxygens (including phenoxy) is 2. The minimum atomic E-state index is -2.91. The molecule has 0 aliphatic carbocycles. The lowest BCUT2D eigenvalue weighted by Crippen LogP contribution is -2.36. The number of aliphatic imine (C=N–C) groups is 1. The Kier molecular flexibility index (Phi) is 9.62. The van der Waals surface area contributed by atoms with Gasteiger partial charge in [0.2, 0.25) is 0 Å². The fourth-order valence-corrected chi connectivity index (χ4v) is 2.90. The van der Waals surface area contributed by atoms with Gasteiger partial charge >= 0.3 is 6.61 Å². The van der Waals surface area contributed by atoms with E-state index in [9.17, 15) is 8.78 Å². The van der Waals surface area contributed by atoms with E-state index in [0.717, 1.165) is 17.2 Å². The summed E-state index contributed by atoms with van der Waals surface area (Å²) in [6, 6.07) is 8.52. The lowest BCUT2D eigenvalue weighted by molar-refractivity contribution is -0.0505. The second-order valence-corrected chi connectivity index (χ2v) is 6.50. The quantitative estimate of drug-likeness (QED) is 0.250. The Hall–Kier alpha value is -2.96. The zero-order chi connectivity index (χ0) is 22.2. The Morgan fingerprint density at radius 3 is 2.53 bits per heavy atom. The van der Waals surface area contributed by atoms with Gasteiger partial charge in [-0.3, -0.25) is 9.56 Å². The van der Waals surface area contributed by atoms with Gasteiger partial charge in [0, 0.05) is 44.3 Å². The number of guanidine groups is 1. The van der Waals surface area contributed by atoms with Gasteiger partial charge in [0.1, 0.15) is 23.1 Å². The monoisotopic (exact) mass is 558 g/mol. The molecule has 1 aromatic carbocycles. The van der Waals surface area contributed by atoms with Crippen molar-refractivity contribution < 1.29 is 18.3 Å². The minimum absolute atomic E-state index is 0. The number of imidazole rings is 1. The summed E-state index contributed by atoms with van der Waals surface area (Å²) in [5.41, 5.74) is 1.47. The SMILES string of the molecule is CN=C(NCc1ccc(-n2ccnc2C)nc1)NCc1cc(OC)ccc1OC(F)F.I. The molecule has 0 unspecified atom stereocenters. The number of benzene rings is 1. The lowest BCUT2D eigenvalue weighted by Gasteiger charge is -2.15. The summed E-state index contributed by atoms with van der Waals surface area (Å²) in [5, 5.41) is 6.26. The molecule has 0 fully saturated rings. The average Bonchev–Trinajstić information content (AvgIpc) is 3.20. The topological polar surface area (TPSA) is 85.6 Å². The fraction of sp³-hybridized carbons (Fsp3) is 0.286. The zero-order valence-corrected chi connectivity index (χ0v) is 20.2. The van der Waals surface area contributed by atoms with Crippen molar-refractivity contribution in [3.8, 4) is 17.3 Å². The second kappa shape index (κ2) is 12.2. The third kappa shape index (κ3) is 6.77. The van der Waals surface area contributed by atoms with Gasteiger partial charge in [-0.15, -0.1) is 24.0 Å². The smallest absolute Gasteiger partial charge is 0.387 e. The van der Waals surface area contributed by atoms with Crippen LogP contribution >= 0.6 is 24.0 Å². The maximum atomic E-state index is 12.7. The molecule has 172 valence electrons. The van der Waals surface area contributed by atoms with Crippen LogP contribution in [0.25, 0.3) is 5.82 Å². The molecule has 0 saturated heterocycles. The molecule has 11 heteroatoms. The van der Waals surface area contributed by atoms with Crippen LogP contribution in [-0.4, -0.2) is 41.3 Å². The van der Waals surface area contributed by atoms with Crippen molar-refractivity contribution in [3.05, 3.63) is 65.9 Å². The van der Waals surface area contributed by atoms with Crippen molar-refractivity contribution in [3.63, 3.8) is 0 Å². The van der Waals surface area contributed by atoms with Gasteiger partial charge in [0.05, 0.1) is 7.11 Å². The van der Waals surface area contributed by atoms with E-state index in [0.29, 0.717) is 23.8 Å². The summed E-state index contributed by atoms with van der Waals surface area (Å²) in [6.07, 6.45) is 5.35. The molecule has 3 rings (SSSR count). The largest absolute Gasteiger partial charge is 0.497 e. The van der Waals surface area contributed by atoms with E-state index in [1.807, 2.05) is 29.8 Å². The van der Waals surface area contributed by atoms with Crippen LogP contribution in [0.2, 0.25) is 0 Å². The Bertz CT molecular complexity index is 1030. The van der Waals surface area contributed by atoms with Gasteiger partial charge in [-0.05, 0) is 36.8 Å². The molecule has 0 aliphatic heterocycles. The minimum Gasteiger partial charge on any atom is -0.497 e. The molecule has 0 saturated carbocycles. The number of hydrogen-bond donors (Lipinski definition) is 2. The van der Waals surface area contributed by atoms with Crippen LogP contribution in [-0.2, 0) is 13.1 Å². The van der Waals surface area contributed by atoms with Crippen LogP contribution in [0.3, 0.4) is 0 Å². The first kappa shape index (κ1) is 25.3. The number of hydrogen-bond acceptors (Lipinski definition) is 5. The van der Waals surface area contributed by atoms with Crippen LogP contribution in [0.5, 0.6) is 11.5 Å². The molecule has 32 heavy (non-hydrogen) atoms.